The summed E-state index contributed by atoms with van der Waals surface area (Å²) in [5.74, 6) is -0.593. The largest absolute Gasteiger partial charge is 0.393 e. The molecule has 1 aromatic rings. The summed E-state index contributed by atoms with van der Waals surface area (Å²) in [6.45, 7) is 0. The van der Waals surface area contributed by atoms with Gasteiger partial charge in [0.05, 0.1) is 11.8 Å². The van der Waals surface area contributed by atoms with Crippen LogP contribution in [0.25, 0.3) is 0 Å². The van der Waals surface area contributed by atoms with E-state index >= 15 is 0 Å². The highest BCUT2D eigenvalue weighted by Gasteiger charge is 2.61. The summed E-state index contributed by atoms with van der Waals surface area (Å²) in [7, 11) is 0. The molecule has 3 nitrogen and oxygen atoms in total. The molecule has 1 saturated carbocycles. The Balaban J connectivity index is 1.92. The zero-order valence-corrected chi connectivity index (χ0v) is 8.55. The van der Waals surface area contributed by atoms with Crippen molar-refractivity contribution < 1.29 is 14.3 Å². The Hall–Kier alpha value is -1.64. The van der Waals surface area contributed by atoms with Gasteiger partial charge >= 0.3 is 11.9 Å². The molecule has 2 aliphatic carbocycles. The van der Waals surface area contributed by atoms with Crippen molar-refractivity contribution in [3.63, 3.8) is 0 Å². The van der Waals surface area contributed by atoms with Crippen molar-refractivity contribution in [3.05, 3.63) is 35.4 Å². The lowest BCUT2D eigenvalue weighted by atomic mass is 9.77. The Bertz CT molecular complexity index is 475. The summed E-state index contributed by atoms with van der Waals surface area (Å²) in [6, 6.07) is 8.14. The molecule has 0 radical (unpaired) electrons. The Morgan fingerprint density at radius 2 is 1.44 bits per heavy atom. The summed E-state index contributed by atoms with van der Waals surface area (Å²) in [5.41, 5.74) is 2.50. The molecule has 4 atom stereocenters. The third kappa shape index (κ3) is 0.775. The molecule has 3 heteroatoms. The van der Waals surface area contributed by atoms with E-state index in [2.05, 4.69) is 12.1 Å². The van der Waals surface area contributed by atoms with Crippen molar-refractivity contribution in [1.82, 2.24) is 0 Å². The van der Waals surface area contributed by atoms with Crippen LogP contribution in [-0.4, -0.2) is 11.9 Å². The minimum absolute atomic E-state index is 0.201. The maximum Gasteiger partial charge on any atom is 0.318 e. The van der Waals surface area contributed by atoms with Crippen LogP contribution < -0.4 is 0 Å². The first kappa shape index (κ1) is 8.50. The Morgan fingerprint density at radius 3 is 1.94 bits per heavy atom. The molecule has 1 heterocycles. The quantitative estimate of drug-likeness (QED) is 0.486. The average molecular weight is 214 g/mol. The van der Waals surface area contributed by atoms with Crippen LogP contribution in [0.4, 0.5) is 0 Å². The highest BCUT2D eigenvalue weighted by atomic mass is 16.6. The average Bonchev–Trinajstić information content (AvgIpc) is 2.91. The van der Waals surface area contributed by atoms with Gasteiger partial charge in [0, 0.05) is 0 Å². The molecule has 0 amide bonds. The molecule has 2 bridgehead atoms. The number of rotatable bonds is 0. The van der Waals surface area contributed by atoms with Crippen LogP contribution in [0.15, 0.2) is 24.3 Å². The maximum atomic E-state index is 11.6. The zero-order chi connectivity index (χ0) is 10.9. The smallest absolute Gasteiger partial charge is 0.318 e. The van der Waals surface area contributed by atoms with E-state index in [-0.39, 0.29) is 35.6 Å². The van der Waals surface area contributed by atoms with Gasteiger partial charge in [-0.05, 0) is 29.4 Å². The molecule has 1 aromatic carbocycles. The second-order valence-corrected chi connectivity index (χ2v) is 4.87. The molecule has 16 heavy (non-hydrogen) atoms. The standard InChI is InChI=1S/C13H10O3/c14-12-10-8-5-9(11(10)13(15)16-12)7-4-2-1-3-6(7)8/h1-4,8-11H,5H2/t8-,9+,10-,11-/m1/s1. The summed E-state index contributed by atoms with van der Waals surface area (Å²) >= 11 is 0. The van der Waals surface area contributed by atoms with E-state index in [0.717, 1.165) is 6.42 Å². The lowest BCUT2D eigenvalue weighted by Crippen LogP contribution is -2.23. The molecule has 0 unspecified atom stereocenters. The van der Waals surface area contributed by atoms with Crippen LogP contribution in [0.1, 0.15) is 29.4 Å². The number of cyclic esters (lactones) is 2. The third-order valence-electron chi connectivity index (χ3n) is 4.30. The van der Waals surface area contributed by atoms with E-state index in [9.17, 15) is 9.59 Å². The first-order valence-corrected chi connectivity index (χ1v) is 5.62. The fourth-order valence-corrected chi connectivity index (χ4v) is 3.75. The number of esters is 2. The third-order valence-corrected chi connectivity index (χ3v) is 4.30. The lowest BCUT2D eigenvalue weighted by Gasteiger charge is -2.21. The fraction of sp³-hybridized carbons (Fsp3) is 0.385. The van der Waals surface area contributed by atoms with Gasteiger partial charge < -0.3 is 4.74 Å². The summed E-state index contributed by atoms with van der Waals surface area (Å²) in [5, 5.41) is 0. The van der Waals surface area contributed by atoms with E-state index in [0.29, 0.717) is 0 Å². The molecule has 80 valence electrons. The van der Waals surface area contributed by atoms with Gasteiger partial charge in [0.25, 0.3) is 0 Å². The molecule has 1 saturated heterocycles. The minimum atomic E-state index is -0.308. The number of benzene rings is 1. The molecule has 0 aromatic heterocycles. The Labute approximate surface area is 92.4 Å². The number of carbonyl (C=O) groups is 2. The van der Waals surface area contributed by atoms with Crippen molar-refractivity contribution in [3.8, 4) is 0 Å². The lowest BCUT2D eigenvalue weighted by molar-refractivity contribution is -0.154. The van der Waals surface area contributed by atoms with Gasteiger partial charge in [0.1, 0.15) is 0 Å². The molecular weight excluding hydrogens is 204 g/mol. The van der Waals surface area contributed by atoms with Crippen molar-refractivity contribution in [1.29, 1.82) is 0 Å². The Kier molecular flexibility index (Phi) is 1.35. The maximum absolute atomic E-state index is 11.6. The SMILES string of the molecule is O=C1OC(=O)[C@H]2[C@H]1[C@@H]1C[C@H]2c2ccccc21. The number of carbonyl (C=O) groups excluding carboxylic acids is 2. The van der Waals surface area contributed by atoms with Crippen LogP contribution in [-0.2, 0) is 14.3 Å². The number of hydrogen-bond acceptors (Lipinski definition) is 3. The van der Waals surface area contributed by atoms with Gasteiger partial charge in [-0.2, -0.15) is 0 Å². The summed E-state index contributed by atoms with van der Waals surface area (Å²) < 4.78 is 4.76. The summed E-state index contributed by atoms with van der Waals surface area (Å²) in [4.78, 5) is 23.2. The predicted molar refractivity (Wildman–Crippen MR) is 54.6 cm³/mol. The first-order chi connectivity index (χ1) is 7.77. The van der Waals surface area contributed by atoms with E-state index in [4.69, 9.17) is 4.74 Å². The predicted octanol–water partition coefficient (Wildman–Crippen LogP) is 1.59. The van der Waals surface area contributed by atoms with Crippen LogP contribution in [0.2, 0.25) is 0 Å². The first-order valence-electron chi connectivity index (χ1n) is 5.62. The zero-order valence-electron chi connectivity index (χ0n) is 8.55. The number of fused-ring (bicyclic) bond motifs is 8. The van der Waals surface area contributed by atoms with Crippen LogP contribution in [0.5, 0.6) is 0 Å². The van der Waals surface area contributed by atoms with E-state index in [1.165, 1.54) is 11.1 Å². The van der Waals surface area contributed by atoms with Gasteiger partial charge in [0.15, 0.2) is 0 Å². The van der Waals surface area contributed by atoms with E-state index < -0.39 is 0 Å². The topological polar surface area (TPSA) is 43.4 Å². The van der Waals surface area contributed by atoms with E-state index in [1.807, 2.05) is 12.1 Å². The van der Waals surface area contributed by atoms with Gasteiger partial charge in [-0.15, -0.1) is 0 Å². The van der Waals surface area contributed by atoms with Crippen LogP contribution in [0.3, 0.4) is 0 Å². The van der Waals surface area contributed by atoms with Crippen molar-refractivity contribution >= 4 is 11.9 Å². The number of ether oxygens (including phenoxy) is 1. The molecule has 3 aliphatic rings. The van der Waals surface area contributed by atoms with Gasteiger partial charge in [-0.1, -0.05) is 24.3 Å². The molecule has 2 fully saturated rings. The molecule has 0 N–H and O–H groups in total. The highest BCUT2D eigenvalue weighted by Crippen LogP contribution is 2.61. The molecule has 0 spiro atoms. The van der Waals surface area contributed by atoms with Crippen LogP contribution >= 0.6 is 0 Å². The van der Waals surface area contributed by atoms with Crippen molar-refractivity contribution in [2.24, 2.45) is 11.8 Å². The summed E-state index contributed by atoms with van der Waals surface area (Å²) in [6.07, 6.45) is 0.940. The normalized spacial score (nSPS) is 38.5. The molecule has 4 rings (SSSR count). The van der Waals surface area contributed by atoms with Crippen LogP contribution in [0, 0.1) is 11.8 Å². The molecule has 1 aliphatic heterocycles. The molecular formula is C13H10O3. The second-order valence-electron chi connectivity index (χ2n) is 4.87. The van der Waals surface area contributed by atoms with Crippen molar-refractivity contribution in [2.45, 2.75) is 18.3 Å². The van der Waals surface area contributed by atoms with Crippen molar-refractivity contribution in [2.75, 3.05) is 0 Å². The number of hydrogen-bond donors (Lipinski definition) is 0. The van der Waals surface area contributed by atoms with Gasteiger partial charge in [-0.3, -0.25) is 9.59 Å². The van der Waals surface area contributed by atoms with Gasteiger partial charge in [-0.25, -0.2) is 0 Å². The highest BCUT2D eigenvalue weighted by molar-refractivity contribution is 5.99. The monoisotopic (exact) mass is 214 g/mol. The van der Waals surface area contributed by atoms with Gasteiger partial charge in [0.2, 0.25) is 0 Å². The minimum Gasteiger partial charge on any atom is -0.393 e. The second kappa shape index (κ2) is 2.54. The van der Waals surface area contributed by atoms with E-state index in [1.54, 1.807) is 0 Å². The fourth-order valence-electron chi connectivity index (χ4n) is 3.75. The Morgan fingerprint density at radius 1 is 0.938 bits per heavy atom.